The van der Waals surface area contributed by atoms with E-state index in [0.717, 1.165) is 31.7 Å². The number of nitrogen functional groups attached to an aromatic ring is 1. The standard InChI is InChI=1S/C11H19N5O/c1-3-9-10(12)11(13-7-17)14-16(9)8-5-15(4-2)6-8/h7-8H,3-6,12H2,1-2H3,(H,13,14,17). The Kier molecular flexibility index (Phi) is 3.33. The highest BCUT2D eigenvalue weighted by atomic mass is 16.1. The number of likely N-dealkylation sites (N-methyl/N-ethyl adjacent to an activating group) is 1. The fourth-order valence-corrected chi connectivity index (χ4v) is 2.25. The number of amides is 1. The Balaban J connectivity index is 2.21. The van der Waals surface area contributed by atoms with Crippen LogP contribution in [0.3, 0.4) is 0 Å². The van der Waals surface area contributed by atoms with Gasteiger partial charge in [0.25, 0.3) is 0 Å². The van der Waals surface area contributed by atoms with Crippen LogP contribution in [-0.2, 0) is 11.2 Å². The molecule has 6 nitrogen and oxygen atoms in total. The lowest BCUT2D eigenvalue weighted by atomic mass is 10.1. The number of likely N-dealkylation sites (tertiary alicyclic amines) is 1. The van der Waals surface area contributed by atoms with E-state index in [4.69, 9.17) is 5.73 Å². The Morgan fingerprint density at radius 1 is 1.53 bits per heavy atom. The minimum atomic E-state index is 0.384. The average Bonchev–Trinajstić information content (AvgIpc) is 2.55. The first-order valence-electron chi connectivity index (χ1n) is 6.00. The number of nitrogens with one attached hydrogen (secondary N) is 1. The Bertz CT molecular complexity index is 408. The van der Waals surface area contributed by atoms with Gasteiger partial charge < -0.3 is 11.1 Å². The third-order valence-corrected chi connectivity index (χ3v) is 3.31. The topological polar surface area (TPSA) is 76.2 Å². The first-order chi connectivity index (χ1) is 8.21. The lowest BCUT2D eigenvalue weighted by molar-refractivity contribution is -0.105. The summed E-state index contributed by atoms with van der Waals surface area (Å²) in [5.74, 6) is 0.479. The molecule has 0 saturated carbocycles. The van der Waals surface area contributed by atoms with Crippen molar-refractivity contribution in [2.24, 2.45) is 0 Å². The van der Waals surface area contributed by atoms with Crippen molar-refractivity contribution in [3.8, 4) is 0 Å². The Labute approximate surface area is 101 Å². The van der Waals surface area contributed by atoms with E-state index >= 15 is 0 Å². The van der Waals surface area contributed by atoms with Crippen LogP contribution >= 0.6 is 0 Å². The molecule has 2 rings (SSSR count). The highest BCUT2D eigenvalue weighted by molar-refractivity contribution is 5.77. The van der Waals surface area contributed by atoms with Crippen molar-refractivity contribution >= 4 is 17.9 Å². The molecule has 6 heteroatoms. The molecule has 1 saturated heterocycles. The van der Waals surface area contributed by atoms with Crippen LogP contribution in [0.4, 0.5) is 11.5 Å². The summed E-state index contributed by atoms with van der Waals surface area (Å²) in [4.78, 5) is 12.8. The van der Waals surface area contributed by atoms with Gasteiger partial charge in [0.1, 0.15) is 0 Å². The fraction of sp³-hybridized carbons (Fsp3) is 0.636. The smallest absolute Gasteiger partial charge is 0.212 e. The summed E-state index contributed by atoms with van der Waals surface area (Å²) >= 11 is 0. The molecule has 94 valence electrons. The highest BCUT2D eigenvalue weighted by Gasteiger charge is 2.30. The summed E-state index contributed by atoms with van der Waals surface area (Å²) in [6, 6.07) is 0.384. The van der Waals surface area contributed by atoms with Crippen molar-refractivity contribution in [1.29, 1.82) is 0 Å². The first-order valence-corrected chi connectivity index (χ1v) is 6.00. The van der Waals surface area contributed by atoms with Crippen LogP contribution in [0.1, 0.15) is 25.6 Å². The lowest BCUT2D eigenvalue weighted by Crippen LogP contribution is -2.48. The zero-order chi connectivity index (χ0) is 12.4. The molecular weight excluding hydrogens is 218 g/mol. The SMILES string of the molecule is CCc1c(N)c(NC=O)nn1C1CN(CC)C1. The molecule has 1 aromatic rings. The zero-order valence-electron chi connectivity index (χ0n) is 10.3. The first kappa shape index (κ1) is 11.9. The molecule has 0 aliphatic carbocycles. The molecule has 17 heavy (non-hydrogen) atoms. The van der Waals surface area contributed by atoms with Crippen LogP contribution in [0.2, 0.25) is 0 Å². The number of rotatable bonds is 5. The molecule has 0 radical (unpaired) electrons. The maximum atomic E-state index is 10.5. The molecular formula is C11H19N5O. The Morgan fingerprint density at radius 2 is 2.24 bits per heavy atom. The quantitative estimate of drug-likeness (QED) is 0.730. The summed E-state index contributed by atoms with van der Waals surface area (Å²) in [7, 11) is 0. The van der Waals surface area contributed by atoms with Gasteiger partial charge in [0.2, 0.25) is 6.41 Å². The van der Waals surface area contributed by atoms with Crippen molar-refractivity contribution in [3.05, 3.63) is 5.69 Å². The molecule has 0 bridgehead atoms. The monoisotopic (exact) mass is 237 g/mol. The number of aromatic nitrogens is 2. The maximum Gasteiger partial charge on any atom is 0.212 e. The number of anilines is 2. The molecule has 1 fully saturated rings. The van der Waals surface area contributed by atoms with Gasteiger partial charge in [-0.2, -0.15) is 5.10 Å². The number of nitrogens with two attached hydrogens (primary N) is 1. The van der Waals surface area contributed by atoms with Crippen LogP contribution in [0.25, 0.3) is 0 Å². The van der Waals surface area contributed by atoms with Gasteiger partial charge in [-0.3, -0.25) is 14.4 Å². The van der Waals surface area contributed by atoms with E-state index in [1.165, 1.54) is 0 Å². The van der Waals surface area contributed by atoms with Crippen LogP contribution in [-0.4, -0.2) is 40.7 Å². The molecule has 1 aliphatic heterocycles. The van der Waals surface area contributed by atoms with Gasteiger partial charge in [0.05, 0.1) is 17.4 Å². The summed E-state index contributed by atoms with van der Waals surface area (Å²) < 4.78 is 1.97. The predicted octanol–water partition coefficient (Wildman–Crippen LogP) is 0.473. The molecule has 2 heterocycles. The normalized spacial score (nSPS) is 16.8. The maximum absolute atomic E-state index is 10.5. The molecule has 0 aromatic carbocycles. The molecule has 1 aliphatic rings. The van der Waals surface area contributed by atoms with Gasteiger partial charge in [0, 0.05) is 13.1 Å². The zero-order valence-corrected chi connectivity index (χ0v) is 10.3. The van der Waals surface area contributed by atoms with Crippen molar-refractivity contribution in [2.75, 3.05) is 30.7 Å². The average molecular weight is 237 g/mol. The van der Waals surface area contributed by atoms with Gasteiger partial charge in [-0.25, -0.2) is 0 Å². The van der Waals surface area contributed by atoms with Gasteiger partial charge in [-0.1, -0.05) is 13.8 Å². The third-order valence-electron chi connectivity index (χ3n) is 3.31. The molecule has 0 atom stereocenters. The number of carbonyl (C=O) groups is 1. The van der Waals surface area contributed by atoms with Crippen molar-refractivity contribution in [2.45, 2.75) is 26.3 Å². The second kappa shape index (κ2) is 4.75. The Hall–Kier alpha value is -1.56. The molecule has 0 spiro atoms. The van der Waals surface area contributed by atoms with E-state index in [2.05, 4.69) is 22.2 Å². The summed E-state index contributed by atoms with van der Waals surface area (Å²) in [5, 5.41) is 6.93. The lowest BCUT2D eigenvalue weighted by Gasteiger charge is -2.39. The van der Waals surface area contributed by atoms with Crippen LogP contribution < -0.4 is 11.1 Å². The fourth-order valence-electron chi connectivity index (χ4n) is 2.25. The summed E-state index contributed by atoms with van der Waals surface area (Å²) in [5.41, 5.74) is 7.57. The largest absolute Gasteiger partial charge is 0.394 e. The van der Waals surface area contributed by atoms with Crippen LogP contribution in [0.5, 0.6) is 0 Å². The van der Waals surface area contributed by atoms with Gasteiger partial charge >= 0.3 is 0 Å². The summed E-state index contributed by atoms with van der Waals surface area (Å²) in [6.45, 7) is 7.27. The van der Waals surface area contributed by atoms with Crippen LogP contribution in [0.15, 0.2) is 0 Å². The van der Waals surface area contributed by atoms with E-state index in [-0.39, 0.29) is 0 Å². The summed E-state index contributed by atoms with van der Waals surface area (Å²) in [6.07, 6.45) is 1.43. The van der Waals surface area contributed by atoms with Crippen LogP contribution in [0, 0.1) is 0 Å². The van der Waals surface area contributed by atoms with E-state index in [1.54, 1.807) is 0 Å². The molecule has 3 N–H and O–H groups in total. The third kappa shape index (κ3) is 2.00. The van der Waals surface area contributed by atoms with Gasteiger partial charge in [0.15, 0.2) is 5.82 Å². The minimum absolute atomic E-state index is 0.384. The molecule has 0 unspecified atom stereocenters. The van der Waals surface area contributed by atoms with E-state index < -0.39 is 0 Å². The number of hydrogen-bond donors (Lipinski definition) is 2. The highest BCUT2D eigenvalue weighted by Crippen LogP contribution is 2.29. The second-order valence-corrected chi connectivity index (χ2v) is 4.28. The van der Waals surface area contributed by atoms with E-state index in [0.29, 0.717) is 24.0 Å². The van der Waals surface area contributed by atoms with Gasteiger partial charge in [-0.15, -0.1) is 0 Å². The molecule has 1 amide bonds. The van der Waals surface area contributed by atoms with E-state index in [9.17, 15) is 4.79 Å². The minimum Gasteiger partial charge on any atom is -0.394 e. The Morgan fingerprint density at radius 3 is 2.76 bits per heavy atom. The van der Waals surface area contributed by atoms with Crippen molar-refractivity contribution in [1.82, 2.24) is 14.7 Å². The van der Waals surface area contributed by atoms with Crippen molar-refractivity contribution in [3.63, 3.8) is 0 Å². The molecule has 1 aromatic heterocycles. The van der Waals surface area contributed by atoms with Crippen molar-refractivity contribution < 1.29 is 4.79 Å². The number of hydrogen-bond acceptors (Lipinski definition) is 4. The van der Waals surface area contributed by atoms with Gasteiger partial charge in [-0.05, 0) is 13.0 Å². The second-order valence-electron chi connectivity index (χ2n) is 4.28. The number of nitrogens with zero attached hydrogens (tertiary/aromatic N) is 3. The predicted molar refractivity (Wildman–Crippen MR) is 66.9 cm³/mol. The number of carbonyl (C=O) groups excluding carboxylic acids is 1. The van der Waals surface area contributed by atoms with E-state index in [1.807, 2.05) is 11.6 Å².